The minimum atomic E-state index is -0.366. The molecular weight excluding hydrogens is 341 g/mol. The largest absolute Gasteiger partial charge is 0.355 e. The number of carbonyl (C=O) groups excluding carboxylic acids is 1. The number of rotatable bonds is 6. The summed E-state index contributed by atoms with van der Waals surface area (Å²) in [5.74, 6) is -0.177. The van der Waals surface area contributed by atoms with E-state index >= 15 is 0 Å². The van der Waals surface area contributed by atoms with E-state index in [0.29, 0.717) is 17.5 Å². The fourth-order valence-electron chi connectivity index (χ4n) is 2.96. The molecule has 4 nitrogen and oxygen atoms in total. The van der Waals surface area contributed by atoms with Crippen molar-refractivity contribution in [2.24, 2.45) is 5.92 Å². The Labute approximate surface area is 158 Å². The van der Waals surface area contributed by atoms with E-state index in [2.05, 4.69) is 15.6 Å². The van der Waals surface area contributed by atoms with E-state index in [9.17, 15) is 9.18 Å². The summed E-state index contributed by atoms with van der Waals surface area (Å²) >= 11 is 0. The number of benzene rings is 2. The van der Waals surface area contributed by atoms with Gasteiger partial charge in [-0.25, -0.2) is 4.39 Å². The van der Waals surface area contributed by atoms with Crippen molar-refractivity contribution in [1.82, 2.24) is 10.3 Å². The van der Waals surface area contributed by atoms with Gasteiger partial charge in [0.25, 0.3) is 0 Å². The average molecular weight is 365 g/mol. The van der Waals surface area contributed by atoms with Crippen LogP contribution in [0.3, 0.4) is 0 Å². The van der Waals surface area contributed by atoms with E-state index in [1.807, 2.05) is 51.1 Å². The summed E-state index contributed by atoms with van der Waals surface area (Å²) in [6.45, 7) is 6.08. The number of pyridine rings is 1. The number of hydrogen-bond acceptors (Lipinski definition) is 3. The first-order chi connectivity index (χ1) is 12.9. The summed E-state index contributed by atoms with van der Waals surface area (Å²) in [5.41, 5.74) is 3.83. The zero-order valence-electron chi connectivity index (χ0n) is 15.8. The van der Waals surface area contributed by atoms with Crippen LogP contribution in [0, 0.1) is 18.7 Å². The number of aromatic nitrogens is 1. The van der Waals surface area contributed by atoms with Crippen LogP contribution in [0.5, 0.6) is 0 Å². The quantitative estimate of drug-likeness (QED) is 0.640. The van der Waals surface area contributed by atoms with Crippen molar-refractivity contribution in [3.63, 3.8) is 0 Å². The van der Waals surface area contributed by atoms with Crippen LogP contribution < -0.4 is 10.6 Å². The molecule has 0 fully saturated rings. The molecule has 0 atom stereocenters. The maximum Gasteiger partial charge on any atom is 0.220 e. The van der Waals surface area contributed by atoms with Crippen LogP contribution in [-0.4, -0.2) is 10.9 Å². The van der Waals surface area contributed by atoms with Gasteiger partial charge in [-0.15, -0.1) is 0 Å². The molecule has 0 aliphatic rings. The van der Waals surface area contributed by atoms with Gasteiger partial charge in [-0.2, -0.15) is 0 Å². The van der Waals surface area contributed by atoms with Gasteiger partial charge < -0.3 is 10.6 Å². The number of halogens is 1. The highest BCUT2D eigenvalue weighted by Gasteiger charge is 2.13. The highest BCUT2D eigenvalue weighted by atomic mass is 19.1. The first kappa shape index (κ1) is 18.8. The van der Waals surface area contributed by atoms with E-state index in [4.69, 9.17) is 0 Å². The van der Waals surface area contributed by atoms with E-state index in [1.54, 1.807) is 12.3 Å². The van der Waals surface area contributed by atoms with Crippen molar-refractivity contribution in [1.29, 1.82) is 0 Å². The van der Waals surface area contributed by atoms with Crippen LogP contribution in [-0.2, 0) is 11.3 Å². The lowest BCUT2D eigenvalue weighted by Gasteiger charge is -2.14. The van der Waals surface area contributed by atoms with Gasteiger partial charge in [-0.3, -0.25) is 9.78 Å². The van der Waals surface area contributed by atoms with Gasteiger partial charge in [-0.05, 0) is 36.6 Å². The molecule has 3 rings (SSSR count). The minimum absolute atomic E-state index is 0.0745. The third kappa shape index (κ3) is 4.61. The molecule has 0 radical (unpaired) electrons. The molecule has 2 N–H and O–H groups in total. The number of amides is 1. The number of para-hydroxylation sites is 1. The van der Waals surface area contributed by atoms with Crippen molar-refractivity contribution in [2.75, 3.05) is 5.32 Å². The first-order valence-corrected chi connectivity index (χ1v) is 9.10. The normalized spacial score (nSPS) is 11.0. The number of fused-ring (bicyclic) bond motifs is 1. The van der Waals surface area contributed by atoms with Gasteiger partial charge in [0, 0.05) is 41.9 Å². The monoisotopic (exact) mass is 365 g/mol. The van der Waals surface area contributed by atoms with Gasteiger partial charge in [0.05, 0.1) is 11.2 Å². The maximum absolute atomic E-state index is 14.5. The summed E-state index contributed by atoms with van der Waals surface area (Å²) in [6.07, 6.45) is 2.16. The molecule has 140 valence electrons. The lowest BCUT2D eigenvalue weighted by atomic mass is 10.1. The van der Waals surface area contributed by atoms with Crippen molar-refractivity contribution >= 4 is 28.2 Å². The second-order valence-electron chi connectivity index (χ2n) is 7.14. The Bertz CT molecular complexity index is 955. The van der Waals surface area contributed by atoms with E-state index in [0.717, 1.165) is 22.3 Å². The SMILES string of the molecule is Cc1cnc2cc(F)c(CNC(=O)CC(C)C)cc2c1Nc1ccccc1. The molecule has 1 amide bonds. The molecule has 3 aromatic rings. The molecule has 5 heteroatoms. The second-order valence-corrected chi connectivity index (χ2v) is 7.14. The number of aryl methyl sites for hydroxylation is 1. The average Bonchev–Trinajstić information content (AvgIpc) is 2.63. The summed E-state index contributed by atoms with van der Waals surface area (Å²) in [4.78, 5) is 16.3. The van der Waals surface area contributed by atoms with Gasteiger partial charge in [0.1, 0.15) is 5.82 Å². The lowest BCUT2D eigenvalue weighted by molar-refractivity contribution is -0.121. The molecule has 0 spiro atoms. The molecule has 0 aliphatic heterocycles. The fourth-order valence-corrected chi connectivity index (χ4v) is 2.96. The molecule has 0 aliphatic carbocycles. The molecule has 27 heavy (non-hydrogen) atoms. The van der Waals surface area contributed by atoms with Crippen molar-refractivity contribution in [3.8, 4) is 0 Å². The molecule has 0 bridgehead atoms. The lowest BCUT2D eigenvalue weighted by Crippen LogP contribution is -2.24. The van der Waals surface area contributed by atoms with Crippen LogP contribution >= 0.6 is 0 Å². The summed E-state index contributed by atoms with van der Waals surface area (Å²) in [6, 6.07) is 13.0. The zero-order chi connectivity index (χ0) is 19.4. The fraction of sp³-hybridized carbons (Fsp3) is 0.273. The van der Waals surface area contributed by atoms with Crippen molar-refractivity contribution in [2.45, 2.75) is 33.7 Å². The van der Waals surface area contributed by atoms with E-state index in [-0.39, 0.29) is 24.2 Å². The zero-order valence-corrected chi connectivity index (χ0v) is 15.8. The number of carbonyl (C=O) groups is 1. The van der Waals surface area contributed by atoms with Crippen LogP contribution in [0.15, 0.2) is 48.7 Å². The molecule has 0 saturated heterocycles. The standard InChI is InChI=1S/C22H24FN3O/c1-14(2)9-21(27)25-13-16-10-18-20(11-19(16)23)24-12-15(3)22(18)26-17-7-5-4-6-8-17/h4-8,10-12,14H,9,13H2,1-3H3,(H,24,26)(H,25,27). The van der Waals surface area contributed by atoms with Crippen LogP contribution in [0.4, 0.5) is 15.8 Å². The molecule has 1 aromatic heterocycles. The van der Waals surface area contributed by atoms with Gasteiger partial charge in [-0.1, -0.05) is 32.0 Å². The number of nitrogens with zero attached hydrogens (tertiary/aromatic N) is 1. The highest BCUT2D eigenvalue weighted by Crippen LogP contribution is 2.30. The first-order valence-electron chi connectivity index (χ1n) is 9.10. The van der Waals surface area contributed by atoms with Crippen LogP contribution in [0.2, 0.25) is 0 Å². The summed E-state index contributed by atoms with van der Waals surface area (Å²) in [5, 5.41) is 7.03. The Morgan fingerprint density at radius 3 is 2.63 bits per heavy atom. The Kier molecular flexibility index (Phi) is 5.69. The summed E-state index contributed by atoms with van der Waals surface area (Å²) < 4.78 is 14.5. The number of nitrogens with one attached hydrogen (secondary N) is 2. The van der Waals surface area contributed by atoms with Gasteiger partial charge >= 0.3 is 0 Å². The van der Waals surface area contributed by atoms with E-state index < -0.39 is 0 Å². The predicted molar refractivity (Wildman–Crippen MR) is 107 cm³/mol. The Balaban J connectivity index is 1.94. The molecule has 2 aromatic carbocycles. The maximum atomic E-state index is 14.5. The van der Waals surface area contributed by atoms with Crippen molar-refractivity contribution in [3.05, 3.63) is 65.6 Å². The molecule has 1 heterocycles. The molecule has 0 unspecified atom stereocenters. The van der Waals surface area contributed by atoms with Gasteiger partial charge in [0.15, 0.2) is 0 Å². The third-order valence-electron chi connectivity index (χ3n) is 4.34. The van der Waals surface area contributed by atoms with Crippen LogP contribution in [0.1, 0.15) is 31.4 Å². The summed E-state index contributed by atoms with van der Waals surface area (Å²) in [7, 11) is 0. The topological polar surface area (TPSA) is 54.0 Å². The minimum Gasteiger partial charge on any atom is -0.355 e. The number of anilines is 2. The molecule has 0 saturated carbocycles. The molecular formula is C22H24FN3O. The van der Waals surface area contributed by atoms with Gasteiger partial charge in [0.2, 0.25) is 5.91 Å². The number of hydrogen-bond donors (Lipinski definition) is 2. The second kappa shape index (κ2) is 8.16. The Morgan fingerprint density at radius 1 is 1.19 bits per heavy atom. The van der Waals surface area contributed by atoms with Crippen molar-refractivity contribution < 1.29 is 9.18 Å². The Hall–Kier alpha value is -2.95. The highest BCUT2D eigenvalue weighted by molar-refractivity contribution is 5.95. The predicted octanol–water partition coefficient (Wildman–Crippen LogP) is 5.09. The Morgan fingerprint density at radius 2 is 1.93 bits per heavy atom. The smallest absolute Gasteiger partial charge is 0.220 e. The van der Waals surface area contributed by atoms with E-state index in [1.165, 1.54) is 6.07 Å². The third-order valence-corrected chi connectivity index (χ3v) is 4.34. The van der Waals surface area contributed by atoms with Crippen LogP contribution in [0.25, 0.3) is 10.9 Å².